The van der Waals surface area contributed by atoms with Crippen molar-refractivity contribution in [2.45, 2.75) is 19.4 Å². The van der Waals surface area contributed by atoms with Gasteiger partial charge >= 0.3 is 0 Å². The molecule has 1 saturated heterocycles. The quantitative estimate of drug-likeness (QED) is 0.259. The van der Waals surface area contributed by atoms with Gasteiger partial charge in [0.25, 0.3) is 11.7 Å². The summed E-state index contributed by atoms with van der Waals surface area (Å²) in [7, 11) is 1.33. The molecule has 0 aliphatic carbocycles. The van der Waals surface area contributed by atoms with Crippen molar-refractivity contribution in [1.82, 2.24) is 4.90 Å². The van der Waals surface area contributed by atoms with Crippen LogP contribution < -0.4 is 9.47 Å². The first kappa shape index (κ1) is 25.7. The number of nitrogens with zero attached hydrogens (tertiary/aromatic N) is 1. The molecule has 9 heteroatoms. The topological polar surface area (TPSA) is 96.3 Å². The van der Waals surface area contributed by atoms with Crippen LogP contribution in [0, 0.1) is 11.6 Å². The van der Waals surface area contributed by atoms with Crippen LogP contribution in [0.15, 0.2) is 66.2 Å². The molecule has 4 rings (SSSR count). The molecule has 1 aliphatic rings. The maximum absolute atomic E-state index is 14.1. The van der Waals surface area contributed by atoms with Crippen molar-refractivity contribution in [1.29, 1.82) is 0 Å². The van der Waals surface area contributed by atoms with Gasteiger partial charge in [-0.25, -0.2) is 8.78 Å². The molecular weight excluding hydrogens is 484 g/mol. The number of benzene rings is 3. The van der Waals surface area contributed by atoms with Crippen LogP contribution in [0.1, 0.15) is 29.7 Å². The molecule has 3 aromatic carbocycles. The van der Waals surface area contributed by atoms with Crippen LogP contribution in [-0.2, 0) is 16.0 Å². The normalized spacial score (nSPS) is 16.8. The fraction of sp³-hybridized carbons (Fsp3) is 0.214. The van der Waals surface area contributed by atoms with Gasteiger partial charge in [0.1, 0.15) is 23.1 Å². The summed E-state index contributed by atoms with van der Waals surface area (Å²) in [6, 6.07) is 12.5. The molecule has 0 bridgehead atoms. The van der Waals surface area contributed by atoms with E-state index < -0.39 is 35.1 Å². The van der Waals surface area contributed by atoms with E-state index in [-0.39, 0.29) is 41.5 Å². The van der Waals surface area contributed by atoms with Crippen LogP contribution in [0.25, 0.3) is 5.76 Å². The van der Waals surface area contributed by atoms with E-state index in [9.17, 15) is 28.6 Å². The molecule has 37 heavy (non-hydrogen) atoms. The second-order valence-electron chi connectivity index (χ2n) is 8.37. The second kappa shape index (κ2) is 10.7. The summed E-state index contributed by atoms with van der Waals surface area (Å²) in [6.45, 7) is 2.04. The Morgan fingerprint density at radius 2 is 1.68 bits per heavy atom. The number of phenols is 1. The number of hydrogen-bond donors (Lipinski definition) is 2. The third-order valence-corrected chi connectivity index (χ3v) is 6.11. The van der Waals surface area contributed by atoms with Crippen LogP contribution in [0.5, 0.6) is 17.2 Å². The highest BCUT2D eigenvalue weighted by atomic mass is 19.1. The Hall–Kier alpha value is -4.40. The number of amides is 1. The van der Waals surface area contributed by atoms with Gasteiger partial charge in [-0.15, -0.1) is 0 Å². The number of ketones is 1. The summed E-state index contributed by atoms with van der Waals surface area (Å²) in [5.74, 6) is -3.40. The molecule has 1 amide bonds. The number of rotatable bonds is 8. The molecule has 2 N–H and O–H groups in total. The van der Waals surface area contributed by atoms with Crippen molar-refractivity contribution in [3.8, 4) is 17.2 Å². The first-order chi connectivity index (χ1) is 17.7. The van der Waals surface area contributed by atoms with Gasteiger partial charge in [-0.3, -0.25) is 9.59 Å². The molecule has 0 spiro atoms. The van der Waals surface area contributed by atoms with Crippen molar-refractivity contribution in [2.75, 3.05) is 20.3 Å². The molecule has 1 aliphatic heterocycles. The number of methoxy groups -OCH3 is 1. The van der Waals surface area contributed by atoms with Crippen molar-refractivity contribution >= 4 is 17.4 Å². The van der Waals surface area contributed by atoms with E-state index in [2.05, 4.69) is 0 Å². The number of aliphatic hydroxyl groups is 1. The van der Waals surface area contributed by atoms with E-state index in [1.807, 2.05) is 0 Å². The smallest absolute Gasteiger partial charge is 0.295 e. The minimum Gasteiger partial charge on any atom is -0.507 e. The molecule has 0 radical (unpaired) electrons. The Kier molecular flexibility index (Phi) is 7.42. The number of Topliss-reactive ketones (excluding diaryl/α,β-unsaturated/α-hetero) is 1. The monoisotopic (exact) mass is 509 g/mol. The van der Waals surface area contributed by atoms with E-state index in [1.165, 1.54) is 48.4 Å². The third-order valence-electron chi connectivity index (χ3n) is 6.11. The summed E-state index contributed by atoms with van der Waals surface area (Å²) in [5.41, 5.74) is 0.764. The summed E-state index contributed by atoms with van der Waals surface area (Å²) in [4.78, 5) is 27.7. The summed E-state index contributed by atoms with van der Waals surface area (Å²) < 4.78 is 38.2. The average Bonchev–Trinajstić information content (AvgIpc) is 3.14. The summed E-state index contributed by atoms with van der Waals surface area (Å²) in [6.07, 6.45) is 0.295. The van der Waals surface area contributed by atoms with Gasteiger partial charge in [0.05, 0.1) is 30.9 Å². The Bertz CT molecular complexity index is 1370. The minimum atomic E-state index is -1.08. The molecule has 1 fully saturated rings. The first-order valence-electron chi connectivity index (χ1n) is 11.6. The van der Waals surface area contributed by atoms with E-state index >= 15 is 0 Å². The summed E-state index contributed by atoms with van der Waals surface area (Å²) in [5, 5.41) is 21.4. The number of carbonyl (C=O) groups excluding carboxylic acids is 2. The molecule has 0 aromatic heterocycles. The van der Waals surface area contributed by atoms with Crippen molar-refractivity contribution < 1.29 is 38.1 Å². The number of aromatic hydroxyl groups is 1. The number of aliphatic hydroxyl groups excluding tert-OH is 1. The fourth-order valence-electron chi connectivity index (χ4n) is 4.34. The highest BCUT2D eigenvalue weighted by molar-refractivity contribution is 6.46. The highest BCUT2D eigenvalue weighted by Gasteiger charge is 2.46. The van der Waals surface area contributed by atoms with Gasteiger partial charge in [-0.1, -0.05) is 18.2 Å². The number of ether oxygens (including phenoxy) is 2. The minimum absolute atomic E-state index is 0.0583. The SMILES string of the molecule is CCOc1cc(C2/C(=C(\O)c3cc(F)ccc3OC)C(=O)C(=O)N2CCc2ccc(F)cc2)ccc1O. The Morgan fingerprint density at radius 3 is 2.35 bits per heavy atom. The van der Waals surface area contributed by atoms with E-state index in [0.717, 1.165) is 17.7 Å². The van der Waals surface area contributed by atoms with Crippen molar-refractivity contribution in [2.24, 2.45) is 0 Å². The molecule has 192 valence electrons. The van der Waals surface area contributed by atoms with Crippen molar-refractivity contribution in [3.05, 3.63) is 94.6 Å². The average molecular weight is 510 g/mol. The van der Waals surface area contributed by atoms with E-state index in [1.54, 1.807) is 19.1 Å². The zero-order valence-electron chi connectivity index (χ0n) is 20.2. The standard InChI is InChI=1S/C28H25F2NO6/c1-3-37-23-14-17(6-10-21(23)32)25-24(26(33)20-15-19(30)9-11-22(20)36-2)27(34)28(35)31(25)13-12-16-4-7-18(29)8-5-16/h4-11,14-15,25,32-33H,3,12-13H2,1-2H3/b26-24+. The number of carbonyl (C=O) groups is 2. The van der Waals surface area contributed by atoms with Gasteiger partial charge in [0.15, 0.2) is 11.5 Å². The fourth-order valence-corrected chi connectivity index (χ4v) is 4.34. The zero-order valence-corrected chi connectivity index (χ0v) is 20.2. The number of halogens is 2. The van der Waals surface area contributed by atoms with Gasteiger partial charge in [-0.05, 0) is 66.9 Å². The molecule has 1 heterocycles. The largest absolute Gasteiger partial charge is 0.507 e. The maximum Gasteiger partial charge on any atom is 0.295 e. The lowest BCUT2D eigenvalue weighted by molar-refractivity contribution is -0.139. The third kappa shape index (κ3) is 5.11. The van der Waals surface area contributed by atoms with Crippen LogP contribution >= 0.6 is 0 Å². The summed E-state index contributed by atoms with van der Waals surface area (Å²) >= 11 is 0. The van der Waals surface area contributed by atoms with Crippen LogP contribution in [-0.4, -0.2) is 47.1 Å². The van der Waals surface area contributed by atoms with Crippen LogP contribution in [0.2, 0.25) is 0 Å². The number of likely N-dealkylation sites (tertiary alicyclic amines) is 1. The van der Waals surface area contributed by atoms with Gasteiger partial charge in [-0.2, -0.15) is 0 Å². The molecule has 3 aromatic rings. The van der Waals surface area contributed by atoms with E-state index in [0.29, 0.717) is 12.0 Å². The highest BCUT2D eigenvalue weighted by Crippen LogP contribution is 2.43. The second-order valence-corrected chi connectivity index (χ2v) is 8.37. The Morgan fingerprint density at radius 1 is 0.973 bits per heavy atom. The van der Waals surface area contributed by atoms with Gasteiger partial charge in [0.2, 0.25) is 0 Å². The molecule has 1 unspecified atom stereocenters. The van der Waals surface area contributed by atoms with E-state index in [4.69, 9.17) is 9.47 Å². The number of hydrogen-bond acceptors (Lipinski definition) is 6. The van der Waals surface area contributed by atoms with Crippen LogP contribution in [0.4, 0.5) is 8.78 Å². The molecule has 7 nitrogen and oxygen atoms in total. The van der Waals surface area contributed by atoms with Crippen LogP contribution in [0.3, 0.4) is 0 Å². The lowest BCUT2D eigenvalue weighted by atomic mass is 9.94. The molecular formula is C28H25F2NO6. The van der Waals surface area contributed by atoms with Crippen molar-refractivity contribution in [3.63, 3.8) is 0 Å². The molecule has 0 saturated carbocycles. The maximum atomic E-state index is 14.1. The predicted octanol–water partition coefficient (Wildman–Crippen LogP) is 4.74. The number of phenolic OH excluding ortho intramolecular Hbond substituents is 1. The molecule has 1 atom stereocenters. The lowest BCUT2D eigenvalue weighted by Gasteiger charge is -2.26. The Labute approximate surface area is 212 Å². The van der Waals surface area contributed by atoms with Gasteiger partial charge < -0.3 is 24.6 Å². The predicted molar refractivity (Wildman–Crippen MR) is 131 cm³/mol. The lowest BCUT2D eigenvalue weighted by Crippen LogP contribution is -2.31. The Balaban J connectivity index is 1.85. The van der Waals surface area contributed by atoms with Gasteiger partial charge in [0, 0.05) is 6.54 Å². The zero-order chi connectivity index (χ0) is 26.7. The first-order valence-corrected chi connectivity index (χ1v) is 11.6.